The molecule has 0 saturated carbocycles. The highest BCUT2D eigenvalue weighted by atomic mass is 79.9. The lowest BCUT2D eigenvalue weighted by atomic mass is 9.97. The van der Waals surface area contributed by atoms with E-state index in [-0.39, 0.29) is 11.6 Å². The van der Waals surface area contributed by atoms with Crippen molar-refractivity contribution in [3.8, 4) is 0 Å². The van der Waals surface area contributed by atoms with Crippen molar-refractivity contribution in [1.82, 2.24) is 0 Å². The van der Waals surface area contributed by atoms with Gasteiger partial charge in [0.05, 0.1) is 0 Å². The van der Waals surface area contributed by atoms with E-state index in [1.54, 1.807) is 12.2 Å². The van der Waals surface area contributed by atoms with Gasteiger partial charge in [0.2, 0.25) is 0 Å². The Bertz CT molecular complexity index is 1160. The molecule has 0 aromatic heterocycles. The molecule has 0 amide bonds. The molecule has 2 nitrogen and oxygen atoms in total. The van der Waals surface area contributed by atoms with Crippen LogP contribution in [0, 0.1) is 0 Å². The Morgan fingerprint density at radius 2 is 1.47 bits per heavy atom. The number of ketones is 2. The summed E-state index contributed by atoms with van der Waals surface area (Å²) in [5, 5.41) is 0. The molecule has 0 atom stereocenters. The molecule has 3 aromatic rings. The molecule has 0 bridgehead atoms. The number of carbonyl (C=O) groups is 2. The van der Waals surface area contributed by atoms with Gasteiger partial charge < -0.3 is 0 Å². The van der Waals surface area contributed by atoms with Gasteiger partial charge in [0, 0.05) is 21.8 Å². The fourth-order valence-corrected chi connectivity index (χ4v) is 3.92. The zero-order valence-electron chi connectivity index (χ0n) is 17.9. The van der Waals surface area contributed by atoms with Crippen molar-refractivity contribution < 1.29 is 9.59 Å². The van der Waals surface area contributed by atoms with Crippen LogP contribution < -0.4 is 0 Å². The summed E-state index contributed by atoms with van der Waals surface area (Å²) in [5.41, 5.74) is 4.30. The van der Waals surface area contributed by atoms with Crippen LogP contribution in [0.3, 0.4) is 0 Å². The van der Waals surface area contributed by atoms with E-state index < -0.39 is 11.4 Å². The van der Waals surface area contributed by atoms with Crippen molar-refractivity contribution >= 4 is 97.1 Å². The second-order valence-corrected chi connectivity index (χ2v) is 15.2. The summed E-state index contributed by atoms with van der Waals surface area (Å²) in [7, 11) is 14.8. The Hall–Kier alpha value is -1.16. The van der Waals surface area contributed by atoms with Crippen LogP contribution in [0.2, 0.25) is 0 Å². The molecule has 8 heteroatoms. The molecule has 0 heterocycles. The van der Waals surface area contributed by atoms with Gasteiger partial charge in [-0.2, -0.15) is 0 Å². The van der Waals surface area contributed by atoms with Gasteiger partial charge in [-0.05, 0) is 46.5 Å². The van der Waals surface area contributed by atoms with Crippen molar-refractivity contribution in [3.63, 3.8) is 0 Å². The number of hydrogen-bond donors (Lipinski definition) is 0. The van der Waals surface area contributed by atoms with E-state index in [9.17, 15) is 9.59 Å². The molecule has 1 aliphatic carbocycles. The van der Waals surface area contributed by atoms with Crippen molar-refractivity contribution in [3.05, 3.63) is 116 Å². The topological polar surface area (TPSA) is 34.1 Å². The molecule has 0 radical (unpaired) electrons. The number of allylic oxidation sites excluding steroid dienone is 2. The van der Waals surface area contributed by atoms with Crippen LogP contribution in [-0.4, -0.2) is 23.0 Å². The fourth-order valence-electron chi connectivity index (χ4n) is 2.98. The first-order valence-electron chi connectivity index (χ1n) is 10.2. The van der Waals surface area contributed by atoms with Crippen molar-refractivity contribution in [2.45, 2.75) is 12.8 Å². The van der Waals surface area contributed by atoms with Crippen LogP contribution >= 0.6 is 62.0 Å². The summed E-state index contributed by atoms with van der Waals surface area (Å²) in [6, 6.07) is 23.6. The molecule has 0 aliphatic heterocycles. The SMILES string of the molecule is O=C(/C=C/c1ccccc1)Cc1ccccc1Br.O=C1C=Cc2cccc(Br)c2C1.[Cl][Al]([Cl])[Cl]. The van der Waals surface area contributed by atoms with E-state index in [0.717, 1.165) is 31.2 Å². The Morgan fingerprint density at radius 3 is 2.15 bits per heavy atom. The van der Waals surface area contributed by atoms with Crippen LogP contribution in [0.25, 0.3) is 12.2 Å². The summed E-state index contributed by atoms with van der Waals surface area (Å²) >= 11 is 5.15. The lowest BCUT2D eigenvalue weighted by molar-refractivity contribution is -0.114. The van der Waals surface area contributed by atoms with Crippen LogP contribution in [-0.2, 0) is 22.4 Å². The third-order valence-electron chi connectivity index (χ3n) is 4.54. The van der Waals surface area contributed by atoms with Crippen molar-refractivity contribution in [2.75, 3.05) is 0 Å². The standard InChI is InChI=1S/C16H13BrO.C10H7BrO.Al.3ClH/c17-16-9-5-4-8-14(16)12-15(18)11-10-13-6-2-1-3-7-13;11-10-3-1-2-7-4-5-8(12)6-9(7)10;;;;/h1-11H,12H2;1-5H,6H2;;3*1H/q;;+3;;;/p-3/b11-10+;;;;;. The lowest BCUT2D eigenvalue weighted by Crippen LogP contribution is -2.05. The third kappa shape index (κ3) is 11.1. The molecule has 0 spiro atoms. The first-order chi connectivity index (χ1) is 16.3. The first-order valence-corrected chi connectivity index (χ1v) is 17.0. The molecule has 1 aliphatic rings. The maximum absolute atomic E-state index is 11.8. The van der Waals surface area contributed by atoms with Gasteiger partial charge in [-0.15, -0.1) is 0 Å². The van der Waals surface area contributed by atoms with E-state index in [2.05, 4.69) is 31.9 Å². The number of benzene rings is 3. The van der Waals surface area contributed by atoms with E-state index in [1.165, 1.54) is 0 Å². The Labute approximate surface area is 233 Å². The highest BCUT2D eigenvalue weighted by Gasteiger charge is 2.12. The highest BCUT2D eigenvalue weighted by molar-refractivity contribution is 9.10. The lowest BCUT2D eigenvalue weighted by Gasteiger charge is -2.10. The average Bonchev–Trinajstić information content (AvgIpc) is 2.81. The molecule has 34 heavy (non-hydrogen) atoms. The van der Waals surface area contributed by atoms with Gasteiger partial charge in [0.1, 0.15) is 0 Å². The quantitative estimate of drug-likeness (QED) is 0.208. The number of fused-ring (bicyclic) bond motifs is 1. The van der Waals surface area contributed by atoms with Gasteiger partial charge in [-0.3, -0.25) is 9.59 Å². The minimum atomic E-state index is -1.72. The van der Waals surface area contributed by atoms with E-state index in [4.69, 9.17) is 30.1 Å². The summed E-state index contributed by atoms with van der Waals surface area (Å²) in [5.74, 6) is 0.278. The summed E-state index contributed by atoms with van der Waals surface area (Å²) in [4.78, 5) is 22.9. The monoisotopic (exact) mass is 654 g/mol. The van der Waals surface area contributed by atoms with Gasteiger partial charge in [0.15, 0.2) is 11.6 Å². The fraction of sp³-hybridized carbons (Fsp3) is 0.0769. The van der Waals surface area contributed by atoms with E-state index in [0.29, 0.717) is 12.8 Å². The average molecular weight is 658 g/mol. The third-order valence-corrected chi connectivity index (χ3v) is 6.06. The second kappa shape index (κ2) is 15.8. The molecule has 0 unspecified atom stereocenters. The summed E-state index contributed by atoms with van der Waals surface area (Å²) < 4.78 is 2.00. The van der Waals surface area contributed by atoms with E-state index in [1.807, 2.05) is 84.9 Å². The smallest absolute Gasteiger partial charge is 0.294 e. The molecule has 0 fully saturated rings. The maximum atomic E-state index is 11.8. The van der Waals surface area contributed by atoms with Crippen LogP contribution in [0.15, 0.2) is 93.9 Å². The largest absolute Gasteiger partial charge is 0.643 e. The molecule has 0 saturated heterocycles. The van der Waals surface area contributed by atoms with Crippen LogP contribution in [0.5, 0.6) is 0 Å². The second-order valence-electron chi connectivity index (χ2n) is 7.01. The molecule has 174 valence electrons. The maximum Gasteiger partial charge on any atom is 0.643 e. The Balaban J connectivity index is 0.000000219. The van der Waals surface area contributed by atoms with Gasteiger partial charge in [-0.1, -0.05) is 105 Å². The van der Waals surface area contributed by atoms with Gasteiger partial charge in [-0.25, -0.2) is 30.1 Å². The van der Waals surface area contributed by atoms with Gasteiger partial charge >= 0.3 is 11.4 Å². The molecule has 3 aromatic carbocycles. The normalized spacial score (nSPS) is 11.6. The number of halogens is 5. The summed E-state index contributed by atoms with van der Waals surface area (Å²) in [6.45, 7) is 0. The van der Waals surface area contributed by atoms with Crippen LogP contribution in [0.1, 0.15) is 22.3 Å². The zero-order chi connectivity index (χ0) is 24.9. The number of hydrogen-bond acceptors (Lipinski definition) is 2. The number of rotatable bonds is 4. The van der Waals surface area contributed by atoms with E-state index >= 15 is 0 Å². The molecule has 0 N–H and O–H groups in total. The zero-order valence-corrected chi connectivity index (χ0v) is 24.5. The Kier molecular flexibility index (Phi) is 13.5. The van der Waals surface area contributed by atoms with Crippen molar-refractivity contribution in [2.24, 2.45) is 0 Å². The number of carbonyl (C=O) groups excluding carboxylic acids is 2. The minimum Gasteiger partial charge on any atom is -0.294 e. The highest BCUT2D eigenvalue weighted by Crippen LogP contribution is 2.25. The molecular formula is C26H20AlBr2Cl3O2. The molecule has 4 rings (SSSR count). The first kappa shape index (κ1) is 29.1. The predicted octanol–water partition coefficient (Wildman–Crippen LogP) is 8.55. The Morgan fingerprint density at radius 1 is 0.853 bits per heavy atom. The van der Waals surface area contributed by atoms with Crippen LogP contribution in [0.4, 0.5) is 0 Å². The minimum absolute atomic E-state index is 0.103. The van der Waals surface area contributed by atoms with Crippen molar-refractivity contribution in [1.29, 1.82) is 0 Å². The van der Waals surface area contributed by atoms with Gasteiger partial charge in [0.25, 0.3) is 0 Å². The predicted molar refractivity (Wildman–Crippen MR) is 154 cm³/mol. The summed E-state index contributed by atoms with van der Waals surface area (Å²) in [6.07, 6.45) is 7.92. The molecular weight excluding hydrogens is 637 g/mol.